The highest BCUT2D eigenvalue weighted by Gasteiger charge is 2.56. The Kier molecular flexibility index (Phi) is 3.95. The molecule has 5 nitrogen and oxygen atoms in total. The molecule has 154 valence electrons. The second-order valence-corrected chi connectivity index (χ2v) is 9.69. The average Bonchev–Trinajstić information content (AvgIpc) is 3.14. The number of hydrogen-bond acceptors (Lipinski definition) is 4. The first-order valence-corrected chi connectivity index (χ1v) is 11.0. The number of para-hydroxylation sites is 1. The molecule has 0 radical (unpaired) electrons. The first-order valence-electron chi connectivity index (χ1n) is 11.0. The van der Waals surface area contributed by atoms with E-state index in [1.54, 1.807) is 18.2 Å². The van der Waals surface area contributed by atoms with E-state index >= 15 is 0 Å². The number of carbonyl (C=O) groups is 1. The molecular formula is C25H26N2O3. The summed E-state index contributed by atoms with van der Waals surface area (Å²) < 4.78 is 12.9. The number of aromatic nitrogens is 1. The van der Waals surface area contributed by atoms with Crippen molar-refractivity contribution >= 4 is 17.0 Å². The van der Waals surface area contributed by atoms with E-state index in [1.165, 1.54) is 38.5 Å². The molecule has 0 aliphatic heterocycles. The monoisotopic (exact) mass is 402 g/mol. The first-order chi connectivity index (χ1) is 14.6. The van der Waals surface area contributed by atoms with E-state index in [2.05, 4.69) is 0 Å². The Hall–Kier alpha value is -2.82. The lowest BCUT2D eigenvalue weighted by molar-refractivity contribution is -0.119. The van der Waals surface area contributed by atoms with E-state index in [9.17, 15) is 4.79 Å². The molecule has 1 aromatic heterocycles. The molecule has 4 aliphatic carbocycles. The van der Waals surface area contributed by atoms with Crippen molar-refractivity contribution in [2.24, 2.45) is 28.9 Å². The highest BCUT2D eigenvalue weighted by Crippen LogP contribution is 2.64. The zero-order valence-corrected chi connectivity index (χ0v) is 16.9. The first kappa shape index (κ1) is 18.0. The minimum absolute atomic E-state index is 0.0674. The van der Waals surface area contributed by atoms with E-state index in [-0.39, 0.29) is 11.5 Å². The van der Waals surface area contributed by atoms with Crippen LogP contribution < -0.4 is 10.5 Å². The number of hydrogen-bond donors (Lipinski definition) is 1. The molecule has 1 heterocycles. The van der Waals surface area contributed by atoms with Crippen LogP contribution in [-0.2, 0) is 0 Å². The van der Waals surface area contributed by atoms with Crippen molar-refractivity contribution in [3.8, 4) is 5.75 Å². The van der Waals surface area contributed by atoms with Crippen molar-refractivity contribution in [3.05, 3.63) is 60.0 Å². The molecule has 0 saturated heterocycles. The van der Waals surface area contributed by atoms with Crippen molar-refractivity contribution in [2.75, 3.05) is 0 Å². The quantitative estimate of drug-likeness (QED) is 0.631. The maximum absolute atomic E-state index is 11.6. The third-order valence-electron chi connectivity index (χ3n) is 7.55. The molecule has 5 heteroatoms. The summed E-state index contributed by atoms with van der Waals surface area (Å²) in [5, 5.41) is 0. The molecule has 2 aromatic carbocycles. The van der Waals surface area contributed by atoms with Gasteiger partial charge >= 0.3 is 0 Å². The van der Waals surface area contributed by atoms with Crippen LogP contribution in [0.15, 0.2) is 52.9 Å². The van der Waals surface area contributed by atoms with Crippen LogP contribution >= 0.6 is 0 Å². The Morgan fingerprint density at radius 2 is 1.70 bits per heavy atom. The Bertz CT molecular complexity index is 1070. The van der Waals surface area contributed by atoms with Gasteiger partial charge in [-0.15, -0.1) is 0 Å². The predicted molar refractivity (Wildman–Crippen MR) is 113 cm³/mol. The van der Waals surface area contributed by atoms with Crippen molar-refractivity contribution < 1.29 is 13.9 Å². The predicted octanol–water partition coefficient (Wildman–Crippen LogP) is 5.26. The molecule has 3 aromatic rings. The van der Waals surface area contributed by atoms with Crippen LogP contribution in [0, 0.1) is 23.2 Å². The third-order valence-corrected chi connectivity index (χ3v) is 7.55. The van der Waals surface area contributed by atoms with Crippen LogP contribution in [0.5, 0.6) is 5.75 Å². The minimum atomic E-state index is -0.459. The van der Waals surface area contributed by atoms with Gasteiger partial charge in [-0.1, -0.05) is 18.2 Å². The summed E-state index contributed by atoms with van der Waals surface area (Å²) >= 11 is 0. The fourth-order valence-electron chi connectivity index (χ4n) is 6.78. The summed E-state index contributed by atoms with van der Waals surface area (Å²) in [4.78, 5) is 16.4. The molecular weight excluding hydrogens is 376 g/mol. The summed E-state index contributed by atoms with van der Waals surface area (Å²) in [6.07, 6.45) is 7.43. The fourth-order valence-corrected chi connectivity index (χ4v) is 6.78. The van der Waals surface area contributed by atoms with E-state index in [0.29, 0.717) is 22.6 Å². The van der Waals surface area contributed by atoms with Crippen LogP contribution in [0.4, 0.5) is 0 Å². The Morgan fingerprint density at radius 3 is 2.33 bits per heavy atom. The van der Waals surface area contributed by atoms with Gasteiger partial charge in [0.2, 0.25) is 11.8 Å². The molecule has 2 N–H and O–H groups in total. The molecule has 1 atom stereocenters. The van der Waals surface area contributed by atoms with Gasteiger partial charge in [0.1, 0.15) is 11.3 Å². The topological polar surface area (TPSA) is 78.4 Å². The van der Waals surface area contributed by atoms with Crippen LogP contribution in [-0.4, -0.2) is 10.9 Å². The summed E-state index contributed by atoms with van der Waals surface area (Å²) in [6.45, 7) is 0. The smallest absolute Gasteiger partial charge is 0.248 e. The number of nitrogens with zero attached hydrogens (tertiary/aromatic N) is 1. The van der Waals surface area contributed by atoms with Crippen LogP contribution in [0.1, 0.15) is 60.9 Å². The van der Waals surface area contributed by atoms with Gasteiger partial charge in [0.15, 0.2) is 11.7 Å². The van der Waals surface area contributed by atoms with Gasteiger partial charge in [0, 0.05) is 11.0 Å². The molecule has 4 fully saturated rings. The standard InChI is InChI=1S/C25H26N2O3/c26-23(28)18-6-7-21-20(11-18)27-24(30-21)22(29-19-4-2-1-3-5-19)25-12-15-8-16(13-25)10-17(9-15)14-25/h1-7,11,15-17,22H,8-10,12-14H2,(H2,26,28). The number of fused-ring (bicyclic) bond motifs is 1. The van der Waals surface area contributed by atoms with Crippen molar-refractivity contribution in [1.29, 1.82) is 0 Å². The van der Waals surface area contributed by atoms with Crippen molar-refractivity contribution in [2.45, 2.75) is 44.6 Å². The fraction of sp³-hybridized carbons (Fsp3) is 0.440. The number of ether oxygens (including phenoxy) is 1. The zero-order valence-electron chi connectivity index (χ0n) is 16.9. The second kappa shape index (κ2) is 6.59. The van der Waals surface area contributed by atoms with Gasteiger partial charge in [-0.25, -0.2) is 4.98 Å². The molecule has 4 aliphatic rings. The SMILES string of the molecule is NC(=O)c1ccc2oc(C(Oc3ccccc3)C34CC5CC(CC(C5)C3)C4)nc2c1. The zero-order chi connectivity index (χ0) is 20.3. The summed E-state index contributed by atoms with van der Waals surface area (Å²) in [5.41, 5.74) is 7.29. The Labute approximate surface area is 175 Å². The average molecular weight is 402 g/mol. The van der Waals surface area contributed by atoms with E-state index in [0.717, 1.165) is 23.5 Å². The molecule has 30 heavy (non-hydrogen) atoms. The van der Waals surface area contributed by atoms with Gasteiger partial charge in [0.25, 0.3) is 0 Å². The van der Waals surface area contributed by atoms with Gasteiger partial charge in [-0.3, -0.25) is 4.79 Å². The van der Waals surface area contributed by atoms with E-state index in [1.807, 2.05) is 30.3 Å². The molecule has 1 unspecified atom stereocenters. The highest BCUT2D eigenvalue weighted by atomic mass is 16.5. The van der Waals surface area contributed by atoms with E-state index < -0.39 is 5.91 Å². The summed E-state index contributed by atoms with van der Waals surface area (Å²) in [5.74, 6) is 3.40. The maximum Gasteiger partial charge on any atom is 0.248 e. The van der Waals surface area contributed by atoms with Gasteiger partial charge in [-0.2, -0.15) is 0 Å². The molecule has 4 saturated carbocycles. The lowest BCUT2D eigenvalue weighted by Gasteiger charge is -2.58. The van der Waals surface area contributed by atoms with Crippen LogP contribution in [0.3, 0.4) is 0 Å². The second-order valence-electron chi connectivity index (χ2n) is 9.69. The van der Waals surface area contributed by atoms with Crippen molar-refractivity contribution in [1.82, 2.24) is 4.98 Å². The highest BCUT2D eigenvalue weighted by molar-refractivity contribution is 5.95. The van der Waals surface area contributed by atoms with Crippen LogP contribution in [0.25, 0.3) is 11.1 Å². The Balaban J connectivity index is 1.44. The molecule has 7 rings (SSSR count). The normalized spacial score (nSPS) is 30.5. The Morgan fingerprint density at radius 1 is 1.03 bits per heavy atom. The molecule has 1 amide bonds. The maximum atomic E-state index is 11.6. The van der Waals surface area contributed by atoms with Gasteiger partial charge < -0.3 is 14.9 Å². The number of nitrogens with two attached hydrogens (primary N) is 1. The number of benzene rings is 2. The number of rotatable bonds is 5. The van der Waals surface area contributed by atoms with Gasteiger partial charge in [-0.05, 0) is 86.6 Å². The number of carbonyl (C=O) groups excluding carboxylic acids is 1. The number of amides is 1. The van der Waals surface area contributed by atoms with Gasteiger partial charge in [0.05, 0.1) is 0 Å². The van der Waals surface area contributed by atoms with Crippen molar-refractivity contribution in [3.63, 3.8) is 0 Å². The largest absolute Gasteiger partial charge is 0.480 e. The summed E-state index contributed by atoms with van der Waals surface area (Å²) in [7, 11) is 0. The molecule has 4 bridgehead atoms. The number of oxazole rings is 1. The lowest BCUT2D eigenvalue weighted by Crippen LogP contribution is -2.50. The third kappa shape index (κ3) is 2.91. The van der Waals surface area contributed by atoms with E-state index in [4.69, 9.17) is 19.9 Å². The lowest BCUT2D eigenvalue weighted by atomic mass is 9.48. The number of primary amides is 1. The minimum Gasteiger partial charge on any atom is -0.480 e. The summed E-state index contributed by atoms with van der Waals surface area (Å²) in [6, 6.07) is 15.2. The molecule has 0 spiro atoms. The van der Waals surface area contributed by atoms with Crippen LogP contribution in [0.2, 0.25) is 0 Å².